The van der Waals surface area contributed by atoms with E-state index in [9.17, 15) is 14.4 Å². The third-order valence-corrected chi connectivity index (χ3v) is 1.97. The van der Waals surface area contributed by atoms with Crippen LogP contribution in [0.1, 0.15) is 34.6 Å². The maximum Gasteiger partial charge on any atom is 0.342 e. The Hall–Kier alpha value is -1.65. The lowest BCUT2D eigenvalue weighted by atomic mass is 10.1. The SMILES string of the molecule is CC(=O)/C(=C/C(=O)OCC(C)C)C(=O)OCC(C)C. The first-order valence-electron chi connectivity index (χ1n) is 6.30. The summed E-state index contributed by atoms with van der Waals surface area (Å²) in [4.78, 5) is 34.4. The minimum atomic E-state index is -0.789. The summed E-state index contributed by atoms with van der Waals surface area (Å²) in [6.45, 7) is 9.17. The van der Waals surface area contributed by atoms with Gasteiger partial charge < -0.3 is 9.47 Å². The van der Waals surface area contributed by atoms with Gasteiger partial charge in [0, 0.05) is 6.08 Å². The zero-order chi connectivity index (χ0) is 15.0. The lowest BCUT2D eigenvalue weighted by molar-refractivity contribution is -0.143. The Morgan fingerprint density at radius 1 is 0.947 bits per heavy atom. The Morgan fingerprint density at radius 3 is 1.84 bits per heavy atom. The first kappa shape index (κ1) is 17.4. The van der Waals surface area contributed by atoms with Gasteiger partial charge in [-0.25, -0.2) is 9.59 Å². The molecule has 5 heteroatoms. The normalized spacial score (nSPS) is 11.6. The van der Waals surface area contributed by atoms with Crippen molar-refractivity contribution >= 4 is 17.7 Å². The molecule has 0 spiro atoms. The van der Waals surface area contributed by atoms with Crippen LogP contribution in [0.2, 0.25) is 0 Å². The van der Waals surface area contributed by atoms with Gasteiger partial charge in [-0.2, -0.15) is 0 Å². The molecule has 0 radical (unpaired) electrons. The van der Waals surface area contributed by atoms with E-state index in [0.29, 0.717) is 0 Å². The molecule has 0 aromatic rings. The van der Waals surface area contributed by atoms with E-state index >= 15 is 0 Å². The van der Waals surface area contributed by atoms with E-state index in [1.54, 1.807) is 0 Å². The van der Waals surface area contributed by atoms with Crippen LogP contribution in [-0.4, -0.2) is 30.9 Å². The topological polar surface area (TPSA) is 69.7 Å². The Bertz CT molecular complexity index is 366. The highest BCUT2D eigenvalue weighted by atomic mass is 16.5. The van der Waals surface area contributed by atoms with Crippen LogP contribution in [0.3, 0.4) is 0 Å². The van der Waals surface area contributed by atoms with E-state index in [2.05, 4.69) is 0 Å². The van der Waals surface area contributed by atoms with E-state index in [4.69, 9.17) is 9.47 Å². The molecular weight excluding hydrogens is 248 g/mol. The molecule has 0 unspecified atom stereocenters. The summed E-state index contributed by atoms with van der Waals surface area (Å²) in [5, 5.41) is 0. The molecule has 5 nitrogen and oxygen atoms in total. The van der Waals surface area contributed by atoms with Crippen molar-refractivity contribution in [3.8, 4) is 0 Å². The maximum absolute atomic E-state index is 11.6. The van der Waals surface area contributed by atoms with Gasteiger partial charge in [-0.1, -0.05) is 27.7 Å². The van der Waals surface area contributed by atoms with Gasteiger partial charge in [-0.15, -0.1) is 0 Å². The zero-order valence-electron chi connectivity index (χ0n) is 12.2. The molecular formula is C14H22O5. The van der Waals surface area contributed by atoms with Gasteiger partial charge in [0.25, 0.3) is 0 Å². The summed E-state index contributed by atoms with van der Waals surface area (Å²) < 4.78 is 9.80. The van der Waals surface area contributed by atoms with Crippen LogP contribution < -0.4 is 0 Å². The third kappa shape index (κ3) is 8.13. The van der Waals surface area contributed by atoms with Crippen molar-refractivity contribution in [2.24, 2.45) is 11.8 Å². The van der Waals surface area contributed by atoms with Crippen molar-refractivity contribution in [3.05, 3.63) is 11.6 Å². The van der Waals surface area contributed by atoms with E-state index in [1.165, 1.54) is 6.92 Å². The van der Waals surface area contributed by atoms with Crippen LogP contribution >= 0.6 is 0 Å². The van der Waals surface area contributed by atoms with Gasteiger partial charge in [-0.05, 0) is 18.8 Å². The fourth-order valence-electron chi connectivity index (χ4n) is 1.03. The van der Waals surface area contributed by atoms with Crippen LogP contribution in [0.4, 0.5) is 0 Å². The monoisotopic (exact) mass is 270 g/mol. The number of hydrogen-bond acceptors (Lipinski definition) is 5. The largest absolute Gasteiger partial charge is 0.462 e. The zero-order valence-corrected chi connectivity index (χ0v) is 12.2. The van der Waals surface area contributed by atoms with Gasteiger partial charge in [0.2, 0.25) is 0 Å². The molecule has 0 aromatic carbocycles. The van der Waals surface area contributed by atoms with E-state index in [-0.39, 0.29) is 30.6 Å². The summed E-state index contributed by atoms with van der Waals surface area (Å²) in [6.07, 6.45) is 0.896. The summed E-state index contributed by atoms with van der Waals surface area (Å²) in [7, 11) is 0. The number of hydrogen-bond donors (Lipinski definition) is 0. The number of carbonyl (C=O) groups is 3. The summed E-state index contributed by atoms with van der Waals surface area (Å²) in [6, 6.07) is 0. The Kier molecular flexibility index (Phi) is 7.72. The highest BCUT2D eigenvalue weighted by Gasteiger charge is 2.18. The first-order chi connectivity index (χ1) is 8.73. The second-order valence-corrected chi connectivity index (χ2v) is 5.13. The average Bonchev–Trinajstić information content (AvgIpc) is 2.29. The first-order valence-corrected chi connectivity index (χ1v) is 6.30. The molecule has 19 heavy (non-hydrogen) atoms. The molecule has 0 saturated heterocycles. The lowest BCUT2D eigenvalue weighted by Gasteiger charge is -2.08. The Labute approximate surface area is 114 Å². The van der Waals surface area contributed by atoms with Crippen molar-refractivity contribution in [2.75, 3.05) is 13.2 Å². The average molecular weight is 270 g/mol. The van der Waals surface area contributed by atoms with E-state index < -0.39 is 17.7 Å². The number of carbonyl (C=O) groups excluding carboxylic acids is 3. The van der Waals surface area contributed by atoms with E-state index in [0.717, 1.165) is 6.08 Å². The number of Topliss-reactive ketones (excluding diaryl/α,β-unsaturated/α-hetero) is 1. The minimum Gasteiger partial charge on any atom is -0.462 e. The molecule has 0 rings (SSSR count). The standard InChI is InChI=1S/C14H22O5/c1-9(2)7-18-13(16)6-12(11(5)15)14(17)19-8-10(3)4/h6,9-10H,7-8H2,1-5H3/b12-6-. The number of ether oxygens (including phenoxy) is 2. The fourth-order valence-corrected chi connectivity index (χ4v) is 1.03. The summed E-state index contributed by atoms with van der Waals surface area (Å²) in [5.41, 5.74) is -0.283. The second-order valence-electron chi connectivity index (χ2n) is 5.13. The van der Waals surface area contributed by atoms with Crippen LogP contribution in [0, 0.1) is 11.8 Å². The molecule has 0 heterocycles. The van der Waals surface area contributed by atoms with E-state index in [1.807, 2.05) is 27.7 Å². The van der Waals surface area contributed by atoms with Crippen molar-refractivity contribution in [1.82, 2.24) is 0 Å². The summed E-state index contributed by atoms with van der Waals surface area (Å²) in [5.74, 6) is -1.67. The van der Waals surface area contributed by atoms with Crippen molar-refractivity contribution in [2.45, 2.75) is 34.6 Å². The van der Waals surface area contributed by atoms with Crippen molar-refractivity contribution in [1.29, 1.82) is 0 Å². The van der Waals surface area contributed by atoms with Gasteiger partial charge in [0.15, 0.2) is 5.78 Å². The summed E-state index contributed by atoms with van der Waals surface area (Å²) >= 11 is 0. The molecule has 0 N–H and O–H groups in total. The van der Waals surface area contributed by atoms with Crippen LogP contribution in [0.5, 0.6) is 0 Å². The third-order valence-electron chi connectivity index (χ3n) is 1.97. The van der Waals surface area contributed by atoms with Crippen LogP contribution in [0.25, 0.3) is 0 Å². The number of esters is 2. The van der Waals surface area contributed by atoms with Crippen molar-refractivity contribution in [3.63, 3.8) is 0 Å². The van der Waals surface area contributed by atoms with Gasteiger partial charge in [0.05, 0.1) is 13.2 Å². The molecule has 0 amide bonds. The predicted molar refractivity (Wildman–Crippen MR) is 70.4 cm³/mol. The van der Waals surface area contributed by atoms with Crippen molar-refractivity contribution < 1.29 is 23.9 Å². The molecule has 0 aliphatic rings. The highest BCUT2D eigenvalue weighted by molar-refractivity contribution is 6.19. The molecule has 0 fully saturated rings. The Morgan fingerprint density at radius 2 is 1.42 bits per heavy atom. The molecule has 0 saturated carbocycles. The molecule has 108 valence electrons. The molecule has 0 bridgehead atoms. The van der Waals surface area contributed by atoms with Crippen LogP contribution in [0.15, 0.2) is 11.6 Å². The Balaban J connectivity index is 4.66. The molecule has 0 atom stereocenters. The molecule has 0 aliphatic carbocycles. The van der Waals surface area contributed by atoms with Gasteiger partial charge in [-0.3, -0.25) is 4.79 Å². The predicted octanol–water partition coefficient (Wildman–Crippen LogP) is 1.90. The quantitative estimate of drug-likeness (QED) is 0.306. The van der Waals surface area contributed by atoms with Crippen LogP contribution in [-0.2, 0) is 23.9 Å². The van der Waals surface area contributed by atoms with Gasteiger partial charge in [0.1, 0.15) is 5.57 Å². The fraction of sp³-hybridized carbons (Fsp3) is 0.643. The number of ketones is 1. The molecule has 0 aliphatic heterocycles. The lowest BCUT2D eigenvalue weighted by Crippen LogP contribution is -2.18. The van der Waals surface area contributed by atoms with Gasteiger partial charge >= 0.3 is 11.9 Å². The maximum atomic E-state index is 11.6. The number of rotatable bonds is 7. The minimum absolute atomic E-state index is 0.157. The highest BCUT2D eigenvalue weighted by Crippen LogP contribution is 2.04. The molecule has 0 aromatic heterocycles. The smallest absolute Gasteiger partial charge is 0.342 e. The second kappa shape index (κ2) is 8.45.